The average molecular weight is 446 g/mol. The molecule has 0 aromatic heterocycles. The van der Waals surface area contributed by atoms with E-state index in [-0.39, 0.29) is 11.3 Å². The minimum absolute atomic E-state index is 0.160. The molecule has 1 amide bonds. The van der Waals surface area contributed by atoms with Crippen molar-refractivity contribution in [2.24, 2.45) is 28.9 Å². The highest BCUT2D eigenvalue weighted by molar-refractivity contribution is 5.87. The summed E-state index contributed by atoms with van der Waals surface area (Å²) in [4.78, 5) is 16.3. The van der Waals surface area contributed by atoms with E-state index >= 15 is 0 Å². The van der Waals surface area contributed by atoms with Gasteiger partial charge in [-0.15, -0.1) is 0 Å². The van der Waals surface area contributed by atoms with E-state index in [2.05, 4.69) is 91.7 Å². The molecule has 0 radical (unpaired) electrons. The topological polar surface area (TPSA) is 58.4 Å². The summed E-state index contributed by atoms with van der Waals surface area (Å²) in [6.07, 6.45) is 3.61. The molecule has 3 saturated heterocycles. The summed E-state index contributed by atoms with van der Waals surface area (Å²) in [5.74, 6) is 1.52. The van der Waals surface area contributed by atoms with Gasteiger partial charge in [0.05, 0.1) is 0 Å². The Labute approximate surface area is 198 Å². The minimum Gasteiger partial charge on any atom is -0.368 e. The van der Waals surface area contributed by atoms with Crippen LogP contribution in [0.3, 0.4) is 0 Å². The van der Waals surface area contributed by atoms with E-state index in [0.29, 0.717) is 29.8 Å². The molecular weight excluding hydrogens is 406 g/mol. The second kappa shape index (κ2) is 8.56. The number of nitrogens with two attached hydrogens (primary N) is 1. The number of piperidine rings is 2. The van der Waals surface area contributed by atoms with E-state index in [4.69, 9.17) is 5.73 Å². The van der Waals surface area contributed by atoms with E-state index in [1.54, 1.807) is 0 Å². The van der Waals surface area contributed by atoms with Crippen LogP contribution in [0, 0.1) is 23.2 Å². The van der Waals surface area contributed by atoms with E-state index in [1.807, 2.05) is 0 Å². The molecule has 1 aliphatic carbocycles. The van der Waals surface area contributed by atoms with Crippen molar-refractivity contribution in [3.63, 3.8) is 0 Å². The van der Waals surface area contributed by atoms with Gasteiger partial charge in [0.2, 0.25) is 5.91 Å². The maximum atomic E-state index is 13.6. The van der Waals surface area contributed by atoms with Crippen LogP contribution in [0.2, 0.25) is 0 Å². The van der Waals surface area contributed by atoms with Gasteiger partial charge in [0, 0.05) is 30.6 Å². The first-order valence-corrected chi connectivity index (χ1v) is 12.8. The molecule has 3 heterocycles. The number of amides is 1. The molecule has 33 heavy (non-hydrogen) atoms. The molecule has 1 saturated carbocycles. The molecule has 2 aromatic carbocycles. The fraction of sp³-hybridized carbons (Fsp3) is 0.552. The highest BCUT2D eigenvalue weighted by Crippen LogP contribution is 2.62. The van der Waals surface area contributed by atoms with Crippen LogP contribution in [0.4, 0.5) is 0 Å². The number of carbonyl (C=O) groups is 1. The van der Waals surface area contributed by atoms with Crippen LogP contribution in [0.5, 0.6) is 0 Å². The second-order valence-electron chi connectivity index (χ2n) is 11.2. The predicted octanol–water partition coefficient (Wildman–Crippen LogP) is 4.04. The fourth-order valence-corrected chi connectivity index (χ4v) is 7.91. The number of likely N-dealkylation sites (tertiary alicyclic amines) is 1. The summed E-state index contributed by atoms with van der Waals surface area (Å²) in [6.45, 7) is 9.06. The summed E-state index contributed by atoms with van der Waals surface area (Å²) < 4.78 is 0. The number of rotatable bonds is 8. The summed E-state index contributed by atoms with van der Waals surface area (Å²) in [5, 5.41) is 3.92. The highest BCUT2D eigenvalue weighted by Gasteiger charge is 2.73. The summed E-state index contributed by atoms with van der Waals surface area (Å²) in [6, 6.07) is 22.2. The average Bonchev–Trinajstić information content (AvgIpc) is 3.12. The van der Waals surface area contributed by atoms with Crippen molar-refractivity contribution in [3.05, 3.63) is 71.8 Å². The van der Waals surface area contributed by atoms with Gasteiger partial charge in [0.25, 0.3) is 0 Å². The van der Waals surface area contributed by atoms with Gasteiger partial charge in [0.1, 0.15) is 5.54 Å². The number of fused-ring (bicyclic) bond motifs is 1. The monoisotopic (exact) mass is 445 g/mol. The van der Waals surface area contributed by atoms with Crippen LogP contribution >= 0.6 is 0 Å². The van der Waals surface area contributed by atoms with Crippen molar-refractivity contribution in [1.29, 1.82) is 0 Å². The van der Waals surface area contributed by atoms with Gasteiger partial charge in [-0.2, -0.15) is 0 Å². The lowest BCUT2D eigenvalue weighted by atomic mass is 9.46. The molecule has 2 aromatic rings. The molecule has 5 unspecified atom stereocenters. The predicted molar refractivity (Wildman–Crippen MR) is 134 cm³/mol. The Kier molecular flexibility index (Phi) is 5.86. The van der Waals surface area contributed by atoms with Crippen LogP contribution < -0.4 is 11.1 Å². The zero-order chi connectivity index (χ0) is 23.2. The van der Waals surface area contributed by atoms with E-state index in [0.717, 1.165) is 38.8 Å². The third-order valence-corrected chi connectivity index (χ3v) is 8.84. The van der Waals surface area contributed by atoms with Crippen LogP contribution in [0.15, 0.2) is 60.7 Å². The Bertz CT molecular complexity index is 933. The lowest BCUT2D eigenvalue weighted by Gasteiger charge is -2.66. The van der Waals surface area contributed by atoms with Gasteiger partial charge in [-0.1, -0.05) is 81.4 Å². The van der Waals surface area contributed by atoms with Crippen molar-refractivity contribution in [1.82, 2.24) is 10.2 Å². The largest absolute Gasteiger partial charge is 0.368 e. The van der Waals surface area contributed by atoms with Crippen molar-refractivity contribution in [2.75, 3.05) is 13.1 Å². The maximum Gasteiger partial charge on any atom is 0.238 e. The molecule has 4 heteroatoms. The molecular formula is C29H39N3O. The molecule has 3 N–H and O–H groups in total. The summed E-state index contributed by atoms with van der Waals surface area (Å²) in [5.41, 5.74) is 8.02. The number of primary amides is 1. The molecule has 3 aliphatic heterocycles. The highest BCUT2D eigenvalue weighted by atomic mass is 16.1. The number of benzene rings is 2. The first kappa shape index (κ1) is 22.6. The lowest BCUT2D eigenvalue weighted by Crippen LogP contribution is -2.82. The fourth-order valence-electron chi connectivity index (χ4n) is 7.91. The smallest absolute Gasteiger partial charge is 0.238 e. The molecule has 4 aliphatic rings. The van der Waals surface area contributed by atoms with Gasteiger partial charge >= 0.3 is 0 Å². The number of nitrogens with zero attached hydrogens (tertiary/aromatic N) is 1. The molecule has 4 nitrogen and oxygen atoms in total. The Morgan fingerprint density at radius 3 is 2.12 bits per heavy atom. The van der Waals surface area contributed by atoms with Crippen molar-refractivity contribution in [3.8, 4) is 0 Å². The van der Waals surface area contributed by atoms with E-state index in [1.165, 1.54) is 11.1 Å². The Morgan fingerprint density at radius 1 is 1.06 bits per heavy atom. The standard InChI is InChI=1S/C29H39N3O/c1-4-24-25-23-17-29(31-24,27(30)33)28(15-21-11-7-5-8-12-21,16-22-13-9-6-10-14-22)26(25)32(19-23)18-20(2)3/h5-14,20,23-26,31H,4,15-19H2,1-3H3,(H2,30,33). The third kappa shape index (κ3) is 3.54. The third-order valence-electron chi connectivity index (χ3n) is 8.84. The van der Waals surface area contributed by atoms with E-state index in [9.17, 15) is 4.79 Å². The Balaban J connectivity index is 1.71. The van der Waals surface area contributed by atoms with Crippen LogP contribution in [-0.4, -0.2) is 41.5 Å². The van der Waals surface area contributed by atoms with Crippen molar-refractivity contribution < 1.29 is 4.79 Å². The van der Waals surface area contributed by atoms with Crippen molar-refractivity contribution in [2.45, 2.75) is 64.1 Å². The SMILES string of the molecule is CCC1NC2(C(N)=O)CC3CN(CC(C)C)C(C31)C2(Cc1ccccc1)Cc1ccccc1. The zero-order valence-electron chi connectivity index (χ0n) is 20.3. The molecule has 4 fully saturated rings. The molecule has 5 atom stereocenters. The van der Waals surface area contributed by atoms with Crippen LogP contribution in [0.1, 0.15) is 44.7 Å². The van der Waals surface area contributed by atoms with Crippen LogP contribution in [-0.2, 0) is 17.6 Å². The van der Waals surface area contributed by atoms with Crippen molar-refractivity contribution >= 4 is 5.91 Å². The molecule has 6 rings (SSSR count). The molecule has 0 spiro atoms. The Morgan fingerprint density at radius 2 is 1.64 bits per heavy atom. The van der Waals surface area contributed by atoms with Gasteiger partial charge in [0.15, 0.2) is 0 Å². The molecule has 176 valence electrons. The van der Waals surface area contributed by atoms with Gasteiger partial charge in [-0.05, 0) is 54.6 Å². The van der Waals surface area contributed by atoms with E-state index < -0.39 is 5.54 Å². The number of carbonyl (C=O) groups excluding carboxylic acids is 1. The summed E-state index contributed by atoms with van der Waals surface area (Å²) >= 11 is 0. The van der Waals surface area contributed by atoms with Gasteiger partial charge in [-0.25, -0.2) is 0 Å². The first-order valence-electron chi connectivity index (χ1n) is 12.8. The second-order valence-corrected chi connectivity index (χ2v) is 11.2. The Hall–Kier alpha value is -2.17. The van der Waals surface area contributed by atoms with Crippen LogP contribution in [0.25, 0.3) is 0 Å². The zero-order valence-corrected chi connectivity index (χ0v) is 20.3. The maximum absolute atomic E-state index is 13.6. The number of hydrogen-bond acceptors (Lipinski definition) is 3. The number of nitrogens with one attached hydrogen (secondary N) is 1. The summed E-state index contributed by atoms with van der Waals surface area (Å²) in [7, 11) is 0. The molecule has 4 bridgehead atoms. The quantitative estimate of drug-likeness (QED) is 0.645. The first-order chi connectivity index (χ1) is 15.9. The van der Waals surface area contributed by atoms with Gasteiger partial charge < -0.3 is 5.73 Å². The van der Waals surface area contributed by atoms with Gasteiger partial charge in [-0.3, -0.25) is 15.0 Å². The minimum atomic E-state index is -0.699. The number of hydrogen-bond donors (Lipinski definition) is 2. The lowest BCUT2D eigenvalue weighted by molar-refractivity contribution is -0.155. The normalized spacial score (nSPS) is 32.4.